The quantitative estimate of drug-likeness (QED) is 0.815. The molecule has 0 amide bonds. The van der Waals surface area contributed by atoms with Crippen LogP contribution in [0.4, 0.5) is 4.39 Å². The molecule has 1 aliphatic rings. The highest BCUT2D eigenvalue weighted by Crippen LogP contribution is 2.49. The Labute approximate surface area is 96.3 Å². The molecule has 0 unspecified atom stereocenters. The van der Waals surface area contributed by atoms with Crippen LogP contribution < -0.4 is 0 Å². The van der Waals surface area contributed by atoms with E-state index >= 15 is 0 Å². The second kappa shape index (κ2) is 3.56. The number of halogens is 1. The van der Waals surface area contributed by atoms with Crippen molar-refractivity contribution in [2.24, 2.45) is 0 Å². The maximum absolute atomic E-state index is 14.4. The predicted octanol–water partition coefficient (Wildman–Crippen LogP) is 3.15. The maximum atomic E-state index is 14.4. The minimum absolute atomic E-state index is 0.0531. The number of rotatable bonds is 2. The lowest BCUT2D eigenvalue weighted by molar-refractivity contribution is 0.251. The lowest BCUT2D eigenvalue weighted by Gasteiger charge is -2.23. The van der Waals surface area contributed by atoms with Gasteiger partial charge in [0.25, 0.3) is 0 Å². The third kappa shape index (κ3) is 1.75. The zero-order chi connectivity index (χ0) is 12.0. The summed E-state index contributed by atoms with van der Waals surface area (Å²) in [6, 6.07) is 5.55. The summed E-state index contributed by atoms with van der Waals surface area (Å²) in [6.07, 6.45) is 1.79. The molecule has 0 atom stereocenters. The van der Waals surface area contributed by atoms with Crippen LogP contribution in [0.25, 0.3) is 0 Å². The fourth-order valence-electron chi connectivity index (χ4n) is 2.18. The van der Waals surface area contributed by atoms with E-state index in [9.17, 15) is 9.50 Å². The summed E-state index contributed by atoms with van der Waals surface area (Å²) < 4.78 is 14.4. The first-order valence-electron chi connectivity index (χ1n) is 5.81. The molecule has 1 saturated carbocycles. The highest BCUT2D eigenvalue weighted by Gasteiger charge is 2.46. The Morgan fingerprint density at radius 2 is 1.94 bits per heavy atom. The van der Waals surface area contributed by atoms with Crippen LogP contribution in [0, 0.1) is 5.82 Å². The molecule has 0 bridgehead atoms. The van der Waals surface area contributed by atoms with Crippen molar-refractivity contribution < 1.29 is 9.50 Å². The second-order valence-corrected chi connectivity index (χ2v) is 5.86. The normalized spacial score (nSPS) is 18.6. The Bertz CT molecular complexity index is 400. The predicted molar refractivity (Wildman–Crippen MR) is 63.1 cm³/mol. The van der Waals surface area contributed by atoms with E-state index in [0.717, 1.165) is 18.4 Å². The summed E-state index contributed by atoms with van der Waals surface area (Å²) >= 11 is 0. The van der Waals surface area contributed by atoms with Crippen LogP contribution in [0.15, 0.2) is 18.2 Å². The molecule has 1 aromatic rings. The molecule has 1 N–H and O–H groups in total. The molecular weight excluding hydrogens is 203 g/mol. The molecule has 0 radical (unpaired) electrons. The summed E-state index contributed by atoms with van der Waals surface area (Å²) in [5.41, 5.74) is 0.962. The van der Waals surface area contributed by atoms with E-state index in [1.54, 1.807) is 0 Å². The van der Waals surface area contributed by atoms with Crippen LogP contribution in [0.2, 0.25) is 0 Å². The molecule has 88 valence electrons. The number of aliphatic hydroxyl groups is 1. The molecule has 1 fully saturated rings. The van der Waals surface area contributed by atoms with Crippen molar-refractivity contribution in [3.05, 3.63) is 35.1 Å². The van der Waals surface area contributed by atoms with Crippen molar-refractivity contribution in [2.45, 2.75) is 44.4 Å². The van der Waals surface area contributed by atoms with Gasteiger partial charge in [0.2, 0.25) is 0 Å². The number of hydrogen-bond donors (Lipinski definition) is 1. The molecule has 0 saturated heterocycles. The van der Waals surface area contributed by atoms with Crippen LogP contribution in [0.1, 0.15) is 44.7 Å². The van der Waals surface area contributed by atoms with Crippen molar-refractivity contribution in [2.75, 3.05) is 6.61 Å². The van der Waals surface area contributed by atoms with Crippen molar-refractivity contribution >= 4 is 0 Å². The topological polar surface area (TPSA) is 20.2 Å². The molecule has 0 aliphatic heterocycles. The summed E-state index contributed by atoms with van der Waals surface area (Å²) in [6.45, 7) is 6.08. The average Bonchev–Trinajstić information content (AvgIpc) is 2.97. The van der Waals surface area contributed by atoms with Gasteiger partial charge in [-0.25, -0.2) is 4.39 Å². The van der Waals surface area contributed by atoms with E-state index in [0.29, 0.717) is 5.56 Å². The molecule has 1 aromatic carbocycles. The molecular formula is C14H19FO. The van der Waals surface area contributed by atoms with Gasteiger partial charge in [0.15, 0.2) is 0 Å². The van der Waals surface area contributed by atoms with Crippen molar-refractivity contribution in [1.82, 2.24) is 0 Å². The van der Waals surface area contributed by atoms with Gasteiger partial charge in [0.1, 0.15) is 5.82 Å². The van der Waals surface area contributed by atoms with Gasteiger partial charge in [-0.2, -0.15) is 0 Å². The minimum atomic E-state index is -0.286. The fourth-order valence-corrected chi connectivity index (χ4v) is 2.18. The molecule has 1 aliphatic carbocycles. The van der Waals surface area contributed by atoms with E-state index in [1.165, 1.54) is 0 Å². The van der Waals surface area contributed by atoms with E-state index < -0.39 is 0 Å². The van der Waals surface area contributed by atoms with Crippen molar-refractivity contribution in [3.8, 4) is 0 Å². The Kier molecular flexibility index (Phi) is 2.58. The smallest absolute Gasteiger partial charge is 0.130 e. The first-order chi connectivity index (χ1) is 7.41. The Hall–Kier alpha value is -0.890. The zero-order valence-electron chi connectivity index (χ0n) is 10.2. The van der Waals surface area contributed by atoms with Crippen molar-refractivity contribution in [3.63, 3.8) is 0 Å². The summed E-state index contributed by atoms with van der Waals surface area (Å²) in [5.74, 6) is -0.124. The van der Waals surface area contributed by atoms with Gasteiger partial charge >= 0.3 is 0 Å². The van der Waals surface area contributed by atoms with E-state index in [-0.39, 0.29) is 23.3 Å². The standard InChI is InChI=1S/C14H19FO/c1-13(2,3)10-5-4-6-11(12(10)15)14(9-16)7-8-14/h4-6,16H,7-9H2,1-3H3. The third-order valence-corrected chi connectivity index (χ3v) is 3.53. The molecule has 2 heteroatoms. The summed E-state index contributed by atoms with van der Waals surface area (Å²) in [7, 11) is 0. The number of aliphatic hydroxyl groups excluding tert-OH is 1. The summed E-state index contributed by atoms with van der Waals surface area (Å²) in [4.78, 5) is 0. The van der Waals surface area contributed by atoms with Gasteiger partial charge in [0.05, 0.1) is 6.61 Å². The second-order valence-electron chi connectivity index (χ2n) is 5.86. The fraction of sp³-hybridized carbons (Fsp3) is 0.571. The molecule has 0 spiro atoms. The minimum Gasteiger partial charge on any atom is -0.395 e. The van der Waals surface area contributed by atoms with Gasteiger partial charge in [-0.05, 0) is 29.4 Å². The molecule has 16 heavy (non-hydrogen) atoms. The third-order valence-electron chi connectivity index (χ3n) is 3.53. The first-order valence-corrected chi connectivity index (χ1v) is 5.81. The Balaban J connectivity index is 2.50. The Morgan fingerprint density at radius 3 is 2.38 bits per heavy atom. The number of hydrogen-bond acceptors (Lipinski definition) is 1. The van der Waals surface area contributed by atoms with Gasteiger partial charge in [-0.1, -0.05) is 39.0 Å². The van der Waals surface area contributed by atoms with Crippen LogP contribution >= 0.6 is 0 Å². The highest BCUT2D eigenvalue weighted by molar-refractivity contribution is 5.39. The summed E-state index contributed by atoms with van der Waals surface area (Å²) in [5, 5.41) is 9.36. The average molecular weight is 222 g/mol. The van der Waals surface area contributed by atoms with Gasteiger partial charge in [-0.15, -0.1) is 0 Å². The largest absolute Gasteiger partial charge is 0.395 e. The molecule has 1 nitrogen and oxygen atoms in total. The maximum Gasteiger partial charge on any atom is 0.130 e. The first kappa shape index (κ1) is 11.6. The molecule has 0 heterocycles. The van der Waals surface area contributed by atoms with Crippen LogP contribution in [-0.2, 0) is 10.8 Å². The van der Waals surface area contributed by atoms with E-state index in [4.69, 9.17) is 0 Å². The Morgan fingerprint density at radius 1 is 1.31 bits per heavy atom. The molecule has 2 rings (SSSR count). The van der Waals surface area contributed by atoms with Gasteiger partial charge < -0.3 is 5.11 Å². The van der Waals surface area contributed by atoms with Crippen LogP contribution in [-0.4, -0.2) is 11.7 Å². The lowest BCUT2D eigenvalue weighted by Crippen LogP contribution is -2.19. The zero-order valence-corrected chi connectivity index (χ0v) is 10.2. The van der Waals surface area contributed by atoms with E-state index in [2.05, 4.69) is 0 Å². The van der Waals surface area contributed by atoms with Gasteiger partial charge in [0, 0.05) is 5.41 Å². The SMILES string of the molecule is CC(C)(C)c1cccc(C2(CO)CC2)c1F. The lowest BCUT2D eigenvalue weighted by atomic mass is 9.83. The number of benzene rings is 1. The molecule has 0 aromatic heterocycles. The van der Waals surface area contributed by atoms with Gasteiger partial charge in [-0.3, -0.25) is 0 Å². The monoisotopic (exact) mass is 222 g/mol. The highest BCUT2D eigenvalue weighted by atomic mass is 19.1. The van der Waals surface area contributed by atoms with Crippen molar-refractivity contribution in [1.29, 1.82) is 0 Å². The van der Waals surface area contributed by atoms with E-state index in [1.807, 2.05) is 39.0 Å². The van der Waals surface area contributed by atoms with Crippen LogP contribution in [0.5, 0.6) is 0 Å². The van der Waals surface area contributed by atoms with Crippen LogP contribution in [0.3, 0.4) is 0 Å².